The van der Waals surface area contributed by atoms with Gasteiger partial charge in [-0.3, -0.25) is 0 Å². The number of benzene rings is 2. The highest BCUT2D eigenvalue weighted by Gasteiger charge is 2.14. The van der Waals surface area contributed by atoms with E-state index in [4.69, 9.17) is 14.5 Å². The highest BCUT2D eigenvalue weighted by molar-refractivity contribution is 5.80. The van der Waals surface area contributed by atoms with Gasteiger partial charge in [0.1, 0.15) is 0 Å². The minimum atomic E-state index is 0.149. The van der Waals surface area contributed by atoms with E-state index in [1.165, 1.54) is 24.1 Å². The van der Waals surface area contributed by atoms with Crippen molar-refractivity contribution >= 4 is 11.6 Å². The zero-order valence-electron chi connectivity index (χ0n) is 18.6. The van der Waals surface area contributed by atoms with Gasteiger partial charge in [-0.1, -0.05) is 18.2 Å². The van der Waals surface area contributed by atoms with Gasteiger partial charge in [0, 0.05) is 25.3 Å². The van der Waals surface area contributed by atoms with Crippen LogP contribution in [0.3, 0.4) is 0 Å². The molecule has 0 radical (unpaired) electrons. The maximum Gasteiger partial charge on any atom is 0.192 e. The minimum absolute atomic E-state index is 0.149. The number of hydrogen-bond acceptors (Lipinski definition) is 4. The first-order valence-corrected chi connectivity index (χ1v) is 10.7. The number of aliphatic imine (C=N–C) groups is 1. The van der Waals surface area contributed by atoms with Gasteiger partial charge >= 0.3 is 0 Å². The third-order valence-electron chi connectivity index (χ3n) is 5.41. The first-order valence-electron chi connectivity index (χ1n) is 10.7. The van der Waals surface area contributed by atoms with Gasteiger partial charge in [0.05, 0.1) is 26.8 Å². The summed E-state index contributed by atoms with van der Waals surface area (Å²) < 4.78 is 10.7. The first kappa shape index (κ1) is 21.8. The van der Waals surface area contributed by atoms with E-state index in [0.717, 1.165) is 42.7 Å². The molecular weight excluding hydrogens is 376 g/mol. The maximum atomic E-state index is 5.40. The lowest BCUT2D eigenvalue weighted by molar-refractivity contribution is 0.354. The van der Waals surface area contributed by atoms with E-state index in [-0.39, 0.29) is 6.04 Å². The Bertz CT molecular complexity index is 847. The van der Waals surface area contributed by atoms with Gasteiger partial charge in [-0.2, -0.15) is 0 Å². The Kier molecular flexibility index (Phi) is 7.82. The molecule has 0 spiro atoms. The average Bonchev–Trinajstić information content (AvgIpc) is 3.32. The molecule has 2 aromatic rings. The molecule has 2 aromatic carbocycles. The van der Waals surface area contributed by atoms with Crippen molar-refractivity contribution in [3.05, 3.63) is 53.6 Å². The third kappa shape index (κ3) is 5.59. The van der Waals surface area contributed by atoms with Crippen LogP contribution in [-0.4, -0.2) is 39.8 Å². The molecule has 0 aromatic heterocycles. The molecule has 0 amide bonds. The van der Waals surface area contributed by atoms with E-state index in [0.29, 0.717) is 6.54 Å². The SMILES string of the molecule is CCNC(=NCc1ccc(OC)c(OC)c1)NC(C)c1cccc(N2CCCC2)c1. The molecule has 2 N–H and O–H groups in total. The van der Waals surface area contributed by atoms with E-state index in [1.807, 2.05) is 18.2 Å². The highest BCUT2D eigenvalue weighted by Crippen LogP contribution is 2.28. The Morgan fingerprint density at radius 2 is 1.83 bits per heavy atom. The van der Waals surface area contributed by atoms with Gasteiger partial charge in [-0.15, -0.1) is 0 Å². The van der Waals surface area contributed by atoms with Crippen LogP contribution in [0, 0.1) is 0 Å². The van der Waals surface area contributed by atoms with Crippen LogP contribution in [-0.2, 0) is 6.54 Å². The molecule has 1 heterocycles. The molecule has 1 aliphatic rings. The lowest BCUT2D eigenvalue weighted by Gasteiger charge is -2.22. The Labute approximate surface area is 180 Å². The van der Waals surface area contributed by atoms with Crippen LogP contribution in [0.15, 0.2) is 47.5 Å². The zero-order valence-corrected chi connectivity index (χ0v) is 18.6. The quantitative estimate of drug-likeness (QED) is 0.506. The van der Waals surface area contributed by atoms with E-state index in [1.54, 1.807) is 14.2 Å². The number of nitrogens with one attached hydrogen (secondary N) is 2. The molecule has 1 unspecified atom stereocenters. The number of guanidine groups is 1. The molecule has 30 heavy (non-hydrogen) atoms. The van der Waals surface area contributed by atoms with Crippen molar-refractivity contribution in [3.8, 4) is 11.5 Å². The first-order chi connectivity index (χ1) is 14.6. The summed E-state index contributed by atoms with van der Waals surface area (Å²) in [5, 5.41) is 6.88. The fourth-order valence-electron chi connectivity index (χ4n) is 3.72. The number of hydrogen-bond donors (Lipinski definition) is 2. The second-order valence-corrected chi connectivity index (χ2v) is 7.54. The highest BCUT2D eigenvalue weighted by atomic mass is 16.5. The number of methoxy groups -OCH3 is 2. The fraction of sp³-hybridized carbons (Fsp3) is 0.458. The molecule has 6 heteroatoms. The summed E-state index contributed by atoms with van der Waals surface area (Å²) in [5.41, 5.74) is 3.63. The molecule has 1 atom stereocenters. The summed E-state index contributed by atoms with van der Waals surface area (Å²) in [6, 6.07) is 14.9. The molecule has 162 valence electrons. The normalized spacial score (nSPS) is 15.1. The number of rotatable bonds is 8. The van der Waals surface area contributed by atoms with Crippen LogP contribution in [0.5, 0.6) is 11.5 Å². The Hall–Kier alpha value is -2.89. The van der Waals surface area contributed by atoms with Crippen molar-refractivity contribution in [2.24, 2.45) is 4.99 Å². The molecule has 0 aliphatic carbocycles. The lowest BCUT2D eigenvalue weighted by atomic mass is 10.1. The minimum Gasteiger partial charge on any atom is -0.493 e. The molecule has 1 fully saturated rings. The second-order valence-electron chi connectivity index (χ2n) is 7.54. The molecule has 6 nitrogen and oxygen atoms in total. The second kappa shape index (κ2) is 10.8. The van der Waals surface area contributed by atoms with Crippen molar-refractivity contribution < 1.29 is 9.47 Å². The van der Waals surface area contributed by atoms with E-state index in [2.05, 4.69) is 53.6 Å². The van der Waals surface area contributed by atoms with Crippen molar-refractivity contribution in [3.63, 3.8) is 0 Å². The van der Waals surface area contributed by atoms with Gasteiger partial charge in [0.15, 0.2) is 17.5 Å². The summed E-state index contributed by atoms with van der Waals surface area (Å²) in [6.07, 6.45) is 2.57. The zero-order chi connectivity index (χ0) is 21.3. The molecular formula is C24H34N4O2. The monoisotopic (exact) mass is 410 g/mol. The van der Waals surface area contributed by atoms with Crippen molar-refractivity contribution in [2.75, 3.05) is 38.8 Å². The molecule has 0 bridgehead atoms. The van der Waals surface area contributed by atoms with E-state index >= 15 is 0 Å². The van der Waals surface area contributed by atoms with Gasteiger partial charge in [0.2, 0.25) is 0 Å². The largest absolute Gasteiger partial charge is 0.493 e. The fourth-order valence-corrected chi connectivity index (χ4v) is 3.72. The molecule has 3 rings (SSSR count). The van der Waals surface area contributed by atoms with Gasteiger partial charge < -0.3 is 25.0 Å². The summed E-state index contributed by atoms with van der Waals surface area (Å²) in [7, 11) is 3.29. The predicted octanol–water partition coefficient (Wildman–Crippen LogP) is 4.12. The van der Waals surface area contributed by atoms with Crippen LogP contribution < -0.4 is 25.0 Å². The topological polar surface area (TPSA) is 58.1 Å². The predicted molar refractivity (Wildman–Crippen MR) is 124 cm³/mol. The lowest BCUT2D eigenvalue weighted by Crippen LogP contribution is -2.38. The van der Waals surface area contributed by atoms with Crippen LogP contribution in [0.4, 0.5) is 5.69 Å². The van der Waals surface area contributed by atoms with Gasteiger partial charge in [-0.25, -0.2) is 4.99 Å². The van der Waals surface area contributed by atoms with E-state index in [9.17, 15) is 0 Å². The Morgan fingerprint density at radius 3 is 2.53 bits per heavy atom. The van der Waals surface area contributed by atoms with Gasteiger partial charge in [-0.05, 0) is 62.1 Å². The smallest absolute Gasteiger partial charge is 0.192 e. The Morgan fingerprint density at radius 1 is 1.07 bits per heavy atom. The third-order valence-corrected chi connectivity index (χ3v) is 5.41. The standard InChI is InChI=1S/C24H34N4O2/c1-5-25-24(26-17-19-11-12-22(29-3)23(15-19)30-4)27-18(2)20-9-8-10-21(16-20)28-13-6-7-14-28/h8-12,15-16,18H,5-7,13-14,17H2,1-4H3,(H2,25,26,27). The van der Waals surface area contributed by atoms with Crippen LogP contribution >= 0.6 is 0 Å². The van der Waals surface area contributed by atoms with Crippen molar-refractivity contribution in [2.45, 2.75) is 39.3 Å². The van der Waals surface area contributed by atoms with Crippen LogP contribution in [0.1, 0.15) is 43.9 Å². The summed E-state index contributed by atoms with van der Waals surface area (Å²) in [6.45, 7) is 7.91. The van der Waals surface area contributed by atoms with E-state index < -0.39 is 0 Å². The maximum absolute atomic E-state index is 5.40. The molecule has 1 aliphatic heterocycles. The van der Waals surface area contributed by atoms with Crippen molar-refractivity contribution in [1.29, 1.82) is 0 Å². The molecule has 1 saturated heterocycles. The number of anilines is 1. The summed E-state index contributed by atoms with van der Waals surface area (Å²) >= 11 is 0. The number of ether oxygens (including phenoxy) is 2. The van der Waals surface area contributed by atoms with Crippen molar-refractivity contribution in [1.82, 2.24) is 10.6 Å². The Balaban J connectivity index is 1.69. The van der Waals surface area contributed by atoms with Crippen LogP contribution in [0.25, 0.3) is 0 Å². The van der Waals surface area contributed by atoms with Gasteiger partial charge in [0.25, 0.3) is 0 Å². The summed E-state index contributed by atoms with van der Waals surface area (Å²) in [5.74, 6) is 2.24. The molecule has 0 saturated carbocycles. The summed E-state index contributed by atoms with van der Waals surface area (Å²) in [4.78, 5) is 7.23. The average molecular weight is 411 g/mol. The number of nitrogens with zero attached hydrogens (tertiary/aromatic N) is 2. The van der Waals surface area contributed by atoms with Crippen LogP contribution in [0.2, 0.25) is 0 Å².